The fraction of sp³-hybridized carbons (Fsp3) is 0.444. The number of nitrogens with zero attached hydrogens (tertiary/aromatic N) is 2. The summed E-state index contributed by atoms with van der Waals surface area (Å²) in [5.74, 6) is -0.107. The van der Waals surface area contributed by atoms with Crippen molar-refractivity contribution >= 4 is 35.5 Å². The third kappa shape index (κ3) is 5.58. The van der Waals surface area contributed by atoms with E-state index in [1.54, 1.807) is 0 Å². The number of carbonyl (C=O) groups excluding carboxylic acids is 2. The van der Waals surface area contributed by atoms with E-state index in [-0.39, 0.29) is 30.7 Å². The van der Waals surface area contributed by atoms with Crippen LogP contribution in [0.15, 0.2) is 81.2 Å². The van der Waals surface area contributed by atoms with Gasteiger partial charge in [0, 0.05) is 29.5 Å². The van der Waals surface area contributed by atoms with E-state index in [2.05, 4.69) is 43.7 Å². The molecule has 45 heavy (non-hydrogen) atoms. The summed E-state index contributed by atoms with van der Waals surface area (Å²) >= 11 is 0. The molecule has 4 aliphatic heterocycles. The fourth-order valence-corrected chi connectivity index (χ4v) is 7.50. The van der Waals surface area contributed by atoms with Crippen LogP contribution in [0.25, 0.3) is 12.2 Å². The first-order chi connectivity index (χ1) is 21.4. The van der Waals surface area contributed by atoms with Crippen molar-refractivity contribution in [3.05, 3.63) is 81.9 Å². The number of aromatic nitrogens is 1. The van der Waals surface area contributed by atoms with Gasteiger partial charge in [0.2, 0.25) is 0 Å². The first kappa shape index (κ1) is 32.2. The van der Waals surface area contributed by atoms with Gasteiger partial charge in [0.25, 0.3) is 0 Å². The van der Waals surface area contributed by atoms with Crippen LogP contribution in [-0.2, 0) is 23.8 Å². The summed E-state index contributed by atoms with van der Waals surface area (Å²) in [6.45, 7) is 15.2. The molecule has 4 aliphatic rings. The first-order valence-corrected chi connectivity index (χ1v) is 15.5. The molecule has 5 heterocycles. The Morgan fingerprint density at radius 2 is 1.76 bits per heavy atom. The van der Waals surface area contributed by atoms with E-state index in [1.165, 1.54) is 14.2 Å². The van der Waals surface area contributed by atoms with Crippen molar-refractivity contribution in [1.82, 2.24) is 10.3 Å². The number of methoxy groups -OCH3 is 2. The van der Waals surface area contributed by atoms with Crippen LogP contribution >= 0.6 is 0 Å². The van der Waals surface area contributed by atoms with Crippen molar-refractivity contribution in [2.24, 2.45) is 15.9 Å². The average Bonchev–Trinajstić information content (AvgIpc) is 3.77. The van der Waals surface area contributed by atoms with Crippen molar-refractivity contribution in [2.75, 3.05) is 20.8 Å². The number of H-pyrrole nitrogens is 1. The third-order valence-electron chi connectivity index (χ3n) is 9.78. The average molecular weight is 613 g/mol. The van der Waals surface area contributed by atoms with Gasteiger partial charge in [-0.15, -0.1) is 6.58 Å². The molecular weight excluding hydrogens is 568 g/mol. The minimum atomic E-state index is -0.895. The number of ether oxygens (including phenoxy) is 3. The molecule has 1 aromatic rings. The Labute approximate surface area is 264 Å². The zero-order valence-electron chi connectivity index (χ0n) is 27.4. The van der Waals surface area contributed by atoms with Crippen LogP contribution < -0.4 is 16.0 Å². The Bertz CT molecular complexity index is 1740. The predicted molar refractivity (Wildman–Crippen MR) is 177 cm³/mol. The zero-order chi connectivity index (χ0) is 32.6. The highest BCUT2D eigenvalue weighted by atomic mass is 16.5. The Kier molecular flexibility index (Phi) is 8.77. The number of hydrogen-bond donors (Lipinski definition) is 2. The van der Waals surface area contributed by atoms with E-state index >= 15 is 0 Å². The summed E-state index contributed by atoms with van der Waals surface area (Å²) < 4.78 is 16.6. The van der Waals surface area contributed by atoms with E-state index in [0.29, 0.717) is 19.4 Å². The maximum Gasteiger partial charge on any atom is 0.305 e. The van der Waals surface area contributed by atoms with E-state index in [0.717, 1.165) is 50.3 Å². The molecule has 1 aromatic heterocycles. The van der Waals surface area contributed by atoms with Crippen molar-refractivity contribution in [1.29, 1.82) is 0 Å². The summed E-state index contributed by atoms with van der Waals surface area (Å²) in [6, 6.07) is 4.03. The first-order valence-electron chi connectivity index (χ1n) is 15.5. The zero-order valence-corrected chi connectivity index (χ0v) is 27.4. The van der Waals surface area contributed by atoms with Gasteiger partial charge in [0.05, 0.1) is 54.6 Å². The monoisotopic (exact) mass is 612 g/mol. The van der Waals surface area contributed by atoms with Crippen LogP contribution in [0, 0.1) is 5.92 Å². The number of aliphatic imine (C=N–C) groups is 2. The van der Waals surface area contributed by atoms with Gasteiger partial charge in [-0.2, -0.15) is 0 Å². The summed E-state index contributed by atoms with van der Waals surface area (Å²) in [7, 11) is 2.79. The van der Waals surface area contributed by atoms with Crippen LogP contribution in [0.5, 0.6) is 0 Å². The lowest BCUT2D eigenvalue weighted by molar-refractivity contribution is -0.142. The molecule has 0 amide bonds. The number of aromatic amines is 1. The van der Waals surface area contributed by atoms with Crippen LogP contribution in [-0.4, -0.2) is 65.8 Å². The van der Waals surface area contributed by atoms with Gasteiger partial charge in [-0.25, -0.2) is 4.99 Å². The number of esters is 2. The van der Waals surface area contributed by atoms with Gasteiger partial charge in [-0.05, 0) is 99.8 Å². The van der Waals surface area contributed by atoms with E-state index < -0.39 is 16.6 Å². The predicted octanol–water partition coefficient (Wildman–Crippen LogP) is 4.13. The van der Waals surface area contributed by atoms with Gasteiger partial charge >= 0.3 is 11.9 Å². The highest BCUT2D eigenvalue weighted by Crippen LogP contribution is 2.53. The van der Waals surface area contributed by atoms with Crippen molar-refractivity contribution in [3.63, 3.8) is 0 Å². The van der Waals surface area contributed by atoms with Crippen LogP contribution in [0.4, 0.5) is 0 Å². The minimum Gasteiger partial charge on any atom is -0.496 e. The van der Waals surface area contributed by atoms with E-state index in [9.17, 15) is 9.59 Å². The van der Waals surface area contributed by atoms with Crippen LogP contribution in [0.1, 0.15) is 60.3 Å². The molecule has 0 radical (unpaired) electrons. The molecule has 8 bridgehead atoms. The molecule has 9 nitrogen and oxygen atoms in total. The smallest absolute Gasteiger partial charge is 0.305 e. The molecule has 4 atom stereocenters. The summed E-state index contributed by atoms with van der Waals surface area (Å²) in [6.07, 6.45) is 13.2. The van der Waals surface area contributed by atoms with Crippen molar-refractivity contribution in [3.8, 4) is 0 Å². The van der Waals surface area contributed by atoms with Gasteiger partial charge in [-0.1, -0.05) is 13.0 Å². The van der Waals surface area contributed by atoms with Crippen molar-refractivity contribution in [2.45, 2.75) is 76.9 Å². The normalized spacial score (nSPS) is 28.6. The second kappa shape index (κ2) is 12.3. The highest BCUT2D eigenvalue weighted by molar-refractivity contribution is 6.22. The standard InChI is InChI=1S/C36H44N4O5/c1-9-35-23(4)33(45-10-2)34(6,40-35)21-28-14-13-26(38-28)19-25-11-12-27(37-25)20-30-22(3)29(15-16-31(41)43-7)36(39-30,24(35)5)18-17-32(42)44-8/h9,11-14,19-21,24,37,40H,1,10,15-18H2,2-8H3. The fourth-order valence-electron chi connectivity index (χ4n) is 7.50. The number of rotatable bonds is 9. The largest absolute Gasteiger partial charge is 0.496 e. The number of allylic oxidation sites excluding steroid dienone is 3. The molecule has 0 fully saturated rings. The molecule has 0 saturated carbocycles. The quantitative estimate of drug-likeness (QED) is 0.320. The Hall–Kier alpha value is -4.24. The van der Waals surface area contributed by atoms with Crippen molar-refractivity contribution < 1.29 is 23.8 Å². The molecule has 0 aromatic carbocycles. The van der Waals surface area contributed by atoms with E-state index in [4.69, 9.17) is 24.2 Å². The SMILES string of the molecule is C=CC12NC(C)(C=C3C=CC(=N3)C=c3ccc([nH]3)=CC3=NC(CCC(=O)OC)(C(CCC(=O)OC)=C3C)C1C)C(OCC)=C2C. The molecule has 0 saturated heterocycles. The van der Waals surface area contributed by atoms with E-state index in [1.807, 2.05) is 56.4 Å². The lowest BCUT2D eigenvalue weighted by atomic mass is 9.64. The molecule has 238 valence electrons. The second-order valence-corrected chi connectivity index (χ2v) is 12.3. The summed E-state index contributed by atoms with van der Waals surface area (Å²) in [5.41, 5.74) is 2.96. The van der Waals surface area contributed by atoms with Gasteiger partial charge < -0.3 is 19.2 Å². The van der Waals surface area contributed by atoms with Crippen LogP contribution in [0.3, 0.4) is 0 Å². The Morgan fingerprint density at radius 3 is 2.42 bits per heavy atom. The molecular formula is C36H44N4O5. The second-order valence-electron chi connectivity index (χ2n) is 12.3. The molecule has 0 aliphatic carbocycles. The number of carbonyl (C=O) groups is 2. The number of fused-ring (bicyclic) bond motifs is 6. The third-order valence-corrected chi connectivity index (χ3v) is 9.78. The topological polar surface area (TPSA) is 114 Å². The summed E-state index contributed by atoms with van der Waals surface area (Å²) in [5, 5.41) is 5.72. The Balaban J connectivity index is 1.83. The number of hydrogen-bond acceptors (Lipinski definition) is 8. The van der Waals surface area contributed by atoms with Gasteiger partial charge in [0.1, 0.15) is 5.76 Å². The molecule has 0 spiro atoms. The maximum absolute atomic E-state index is 12.7. The lowest BCUT2D eigenvalue weighted by Crippen LogP contribution is -2.59. The molecule has 5 rings (SSSR count). The molecule has 2 N–H and O–H groups in total. The lowest BCUT2D eigenvalue weighted by Gasteiger charge is -2.47. The Morgan fingerprint density at radius 1 is 1.07 bits per heavy atom. The summed E-state index contributed by atoms with van der Waals surface area (Å²) in [4.78, 5) is 39.1. The molecule has 4 unspecified atom stereocenters. The van der Waals surface area contributed by atoms with Gasteiger partial charge in [0.15, 0.2) is 0 Å². The maximum atomic E-state index is 12.7. The highest BCUT2D eigenvalue weighted by Gasteiger charge is 2.58. The van der Waals surface area contributed by atoms with Gasteiger partial charge in [-0.3, -0.25) is 19.9 Å². The molecule has 9 heteroatoms. The van der Waals surface area contributed by atoms with Crippen LogP contribution in [0.2, 0.25) is 0 Å². The number of nitrogens with one attached hydrogen (secondary N) is 2. The minimum absolute atomic E-state index is 0.145.